The topological polar surface area (TPSA) is 112 Å². The number of benzene rings is 1. The summed E-state index contributed by atoms with van der Waals surface area (Å²) in [5, 5.41) is 19.4. The van der Waals surface area contributed by atoms with Crippen LogP contribution < -0.4 is 5.32 Å². The molecule has 5 rings (SSSR count). The molecule has 150 valence electrons. The molecule has 9 nitrogen and oxygen atoms in total. The van der Waals surface area contributed by atoms with Crippen LogP contribution in [0.15, 0.2) is 47.2 Å². The molecular formula is C20H16FN7O2. The second kappa shape index (κ2) is 6.55. The molecule has 1 amide bonds. The third-order valence-corrected chi connectivity index (χ3v) is 5.07. The summed E-state index contributed by atoms with van der Waals surface area (Å²) in [6, 6.07) is 9.91. The molecule has 1 aliphatic rings. The van der Waals surface area contributed by atoms with Crippen LogP contribution in [-0.4, -0.2) is 36.0 Å². The quantitative estimate of drug-likeness (QED) is 0.556. The van der Waals surface area contributed by atoms with Gasteiger partial charge in [0.15, 0.2) is 5.82 Å². The molecular weight excluding hydrogens is 389 g/mol. The van der Waals surface area contributed by atoms with Gasteiger partial charge >= 0.3 is 0 Å². The van der Waals surface area contributed by atoms with Gasteiger partial charge in [0.1, 0.15) is 29.2 Å². The third kappa shape index (κ3) is 2.84. The van der Waals surface area contributed by atoms with Crippen LogP contribution in [0.2, 0.25) is 0 Å². The number of hydrogen-bond donors (Lipinski definition) is 1. The standard InChI is InChI=1S/C20H16FN7O2/c1-20(2)16-18(23-19(20)29)25-24-17(22-16)14-9-15(13-7-8-30-27-13)28(26-14)10-11-5-3-4-6-12(11)21/h3-9H,10H2,1-2H3,(H,23,25,29). The van der Waals surface area contributed by atoms with E-state index in [4.69, 9.17) is 4.52 Å². The SMILES string of the molecule is CC1(C)C(=O)Nc2nnc(-c3cc(-c4ccon4)n(Cc4ccccc4F)n3)nc21. The van der Waals surface area contributed by atoms with Crippen molar-refractivity contribution in [3.8, 4) is 22.9 Å². The minimum absolute atomic E-state index is 0.179. The molecule has 10 heteroatoms. The molecule has 0 spiro atoms. The summed E-state index contributed by atoms with van der Waals surface area (Å²) in [5.74, 6) is 0.0823. The van der Waals surface area contributed by atoms with Gasteiger partial charge in [-0.1, -0.05) is 23.4 Å². The van der Waals surface area contributed by atoms with Gasteiger partial charge in [0.05, 0.1) is 17.7 Å². The molecule has 0 bridgehead atoms. The molecule has 0 unspecified atom stereocenters. The Morgan fingerprint density at radius 3 is 2.77 bits per heavy atom. The van der Waals surface area contributed by atoms with Crippen LogP contribution in [0.3, 0.4) is 0 Å². The van der Waals surface area contributed by atoms with E-state index in [9.17, 15) is 9.18 Å². The van der Waals surface area contributed by atoms with E-state index in [0.717, 1.165) is 0 Å². The number of nitrogens with zero attached hydrogens (tertiary/aromatic N) is 6. The van der Waals surface area contributed by atoms with Crippen molar-refractivity contribution in [2.45, 2.75) is 25.8 Å². The Bertz CT molecular complexity index is 1260. The first-order chi connectivity index (χ1) is 14.4. The van der Waals surface area contributed by atoms with E-state index >= 15 is 0 Å². The molecule has 1 aliphatic heterocycles. The zero-order valence-corrected chi connectivity index (χ0v) is 16.1. The summed E-state index contributed by atoms with van der Waals surface area (Å²) < 4.78 is 20.8. The van der Waals surface area contributed by atoms with Gasteiger partial charge in [-0.3, -0.25) is 9.48 Å². The maximum absolute atomic E-state index is 14.2. The summed E-state index contributed by atoms with van der Waals surface area (Å²) >= 11 is 0. The Morgan fingerprint density at radius 1 is 1.17 bits per heavy atom. The molecule has 0 saturated carbocycles. The van der Waals surface area contributed by atoms with Crippen LogP contribution in [0.4, 0.5) is 10.2 Å². The maximum Gasteiger partial charge on any atom is 0.237 e. The van der Waals surface area contributed by atoms with Gasteiger partial charge < -0.3 is 9.84 Å². The second-order valence-electron chi connectivity index (χ2n) is 7.46. The lowest BCUT2D eigenvalue weighted by Gasteiger charge is -2.13. The van der Waals surface area contributed by atoms with Crippen LogP contribution in [-0.2, 0) is 16.8 Å². The fraction of sp³-hybridized carbons (Fsp3) is 0.200. The van der Waals surface area contributed by atoms with E-state index in [2.05, 4.69) is 30.8 Å². The highest BCUT2D eigenvalue weighted by Crippen LogP contribution is 2.35. The van der Waals surface area contributed by atoms with Crippen LogP contribution in [0.1, 0.15) is 25.1 Å². The van der Waals surface area contributed by atoms with E-state index in [-0.39, 0.29) is 24.1 Å². The first-order valence-electron chi connectivity index (χ1n) is 9.22. The number of nitrogens with one attached hydrogen (secondary N) is 1. The van der Waals surface area contributed by atoms with Gasteiger partial charge in [-0.25, -0.2) is 9.37 Å². The van der Waals surface area contributed by atoms with Crippen molar-refractivity contribution in [1.82, 2.24) is 30.1 Å². The summed E-state index contributed by atoms with van der Waals surface area (Å²) in [4.78, 5) is 16.7. The Labute approximate surface area is 169 Å². The van der Waals surface area contributed by atoms with E-state index in [1.165, 1.54) is 12.3 Å². The van der Waals surface area contributed by atoms with Gasteiger partial charge in [-0.2, -0.15) is 5.10 Å². The van der Waals surface area contributed by atoms with Gasteiger partial charge in [0.2, 0.25) is 11.7 Å². The lowest BCUT2D eigenvalue weighted by atomic mass is 9.91. The number of fused-ring (bicyclic) bond motifs is 1. The molecule has 4 aromatic rings. The monoisotopic (exact) mass is 405 g/mol. The molecule has 0 aliphatic carbocycles. The molecule has 30 heavy (non-hydrogen) atoms. The number of carbonyl (C=O) groups is 1. The average molecular weight is 405 g/mol. The van der Waals surface area contributed by atoms with Crippen molar-refractivity contribution in [2.75, 3.05) is 5.32 Å². The van der Waals surface area contributed by atoms with Crippen molar-refractivity contribution < 1.29 is 13.7 Å². The highest BCUT2D eigenvalue weighted by Gasteiger charge is 2.41. The van der Waals surface area contributed by atoms with Crippen molar-refractivity contribution in [2.24, 2.45) is 0 Å². The molecule has 1 N–H and O–H groups in total. The van der Waals surface area contributed by atoms with E-state index in [1.807, 2.05) is 0 Å². The molecule has 1 aromatic carbocycles. The smallest absolute Gasteiger partial charge is 0.237 e. The second-order valence-corrected chi connectivity index (χ2v) is 7.46. The number of amides is 1. The first kappa shape index (κ1) is 18.1. The predicted octanol–water partition coefficient (Wildman–Crippen LogP) is 2.81. The molecule has 4 heterocycles. The van der Waals surface area contributed by atoms with Gasteiger partial charge in [0.25, 0.3) is 0 Å². The Morgan fingerprint density at radius 2 is 2.00 bits per heavy atom. The minimum atomic E-state index is -0.829. The fourth-order valence-corrected chi connectivity index (χ4v) is 3.31. The Balaban J connectivity index is 1.60. The van der Waals surface area contributed by atoms with Crippen molar-refractivity contribution in [1.29, 1.82) is 0 Å². The average Bonchev–Trinajstić information content (AvgIpc) is 3.43. The molecule has 0 fully saturated rings. The molecule has 0 saturated heterocycles. The van der Waals surface area contributed by atoms with E-state index < -0.39 is 5.41 Å². The number of anilines is 1. The van der Waals surface area contributed by atoms with E-state index in [0.29, 0.717) is 34.2 Å². The normalized spacial score (nSPS) is 14.6. The lowest BCUT2D eigenvalue weighted by molar-refractivity contribution is -0.119. The van der Waals surface area contributed by atoms with Crippen LogP contribution >= 0.6 is 0 Å². The highest BCUT2D eigenvalue weighted by molar-refractivity contribution is 6.03. The number of carbonyl (C=O) groups excluding carboxylic acids is 1. The fourth-order valence-electron chi connectivity index (χ4n) is 3.31. The van der Waals surface area contributed by atoms with Gasteiger partial charge in [-0.15, -0.1) is 10.2 Å². The number of hydrogen-bond acceptors (Lipinski definition) is 7. The zero-order valence-electron chi connectivity index (χ0n) is 16.1. The minimum Gasteiger partial charge on any atom is -0.364 e. The third-order valence-electron chi connectivity index (χ3n) is 5.07. The van der Waals surface area contributed by atoms with E-state index in [1.54, 1.807) is 48.9 Å². The lowest BCUT2D eigenvalue weighted by Crippen LogP contribution is -2.27. The molecule has 0 atom stereocenters. The van der Waals surface area contributed by atoms with Gasteiger partial charge in [0, 0.05) is 11.6 Å². The summed E-state index contributed by atoms with van der Waals surface area (Å²) in [6.07, 6.45) is 1.45. The summed E-state index contributed by atoms with van der Waals surface area (Å²) in [5.41, 5.74) is 1.72. The summed E-state index contributed by atoms with van der Waals surface area (Å²) in [6.45, 7) is 3.72. The molecule has 3 aromatic heterocycles. The Hall–Kier alpha value is -3.95. The van der Waals surface area contributed by atoms with Crippen LogP contribution in [0, 0.1) is 5.82 Å². The largest absolute Gasteiger partial charge is 0.364 e. The highest BCUT2D eigenvalue weighted by atomic mass is 19.1. The Kier molecular flexibility index (Phi) is 3.95. The number of halogens is 1. The van der Waals surface area contributed by atoms with Gasteiger partial charge in [-0.05, 0) is 26.0 Å². The predicted molar refractivity (Wildman–Crippen MR) is 104 cm³/mol. The first-order valence-corrected chi connectivity index (χ1v) is 9.22. The molecule has 0 radical (unpaired) electrons. The van der Waals surface area contributed by atoms with Crippen molar-refractivity contribution in [3.63, 3.8) is 0 Å². The number of aromatic nitrogens is 6. The number of rotatable bonds is 4. The van der Waals surface area contributed by atoms with Crippen molar-refractivity contribution in [3.05, 3.63) is 59.7 Å². The zero-order chi connectivity index (χ0) is 20.9. The van der Waals surface area contributed by atoms with Crippen LogP contribution in [0.25, 0.3) is 22.9 Å². The maximum atomic E-state index is 14.2. The van der Waals surface area contributed by atoms with Crippen LogP contribution in [0.5, 0.6) is 0 Å². The van der Waals surface area contributed by atoms with Crippen molar-refractivity contribution >= 4 is 11.7 Å². The summed E-state index contributed by atoms with van der Waals surface area (Å²) in [7, 11) is 0.